The maximum absolute atomic E-state index is 12.5. The fourth-order valence-corrected chi connectivity index (χ4v) is 4.68. The Morgan fingerprint density at radius 2 is 1.77 bits per heavy atom. The van der Waals surface area contributed by atoms with Crippen LogP contribution in [0.3, 0.4) is 0 Å². The van der Waals surface area contributed by atoms with Gasteiger partial charge in [0.25, 0.3) is 5.91 Å². The van der Waals surface area contributed by atoms with Crippen molar-refractivity contribution >= 4 is 21.9 Å². The Labute approximate surface area is 154 Å². The number of nitrogens with zero attached hydrogens (tertiary/aromatic N) is 2. The molecule has 0 unspecified atom stereocenters. The molecule has 1 N–H and O–H groups in total. The van der Waals surface area contributed by atoms with Crippen LogP contribution >= 0.6 is 0 Å². The van der Waals surface area contributed by atoms with Gasteiger partial charge >= 0.3 is 5.97 Å². The molecule has 0 atom stereocenters. The molecule has 1 fully saturated rings. The smallest absolute Gasteiger partial charge is 0.355 e. The van der Waals surface area contributed by atoms with E-state index in [2.05, 4.69) is 4.98 Å². The summed E-state index contributed by atoms with van der Waals surface area (Å²) >= 11 is 0. The van der Waals surface area contributed by atoms with E-state index in [1.807, 2.05) is 27.7 Å². The molecule has 1 aliphatic rings. The molecule has 0 spiro atoms. The molecule has 2 rings (SSSR count). The summed E-state index contributed by atoms with van der Waals surface area (Å²) in [4.78, 5) is 28.7. The van der Waals surface area contributed by atoms with E-state index in [9.17, 15) is 18.0 Å². The molecular formula is C17H27N3O5S. The van der Waals surface area contributed by atoms with Gasteiger partial charge in [0, 0.05) is 31.4 Å². The van der Waals surface area contributed by atoms with E-state index in [1.165, 1.54) is 16.6 Å². The van der Waals surface area contributed by atoms with Gasteiger partial charge in [-0.15, -0.1) is 0 Å². The summed E-state index contributed by atoms with van der Waals surface area (Å²) in [7, 11) is -3.60. The quantitative estimate of drug-likeness (QED) is 0.719. The number of ether oxygens (including phenoxy) is 1. The molecule has 146 valence electrons. The van der Waals surface area contributed by atoms with Crippen molar-refractivity contribution in [1.82, 2.24) is 14.2 Å². The zero-order chi connectivity index (χ0) is 19.5. The molecule has 1 aliphatic heterocycles. The lowest BCUT2D eigenvalue weighted by Crippen LogP contribution is -2.44. The molecule has 0 aliphatic carbocycles. The van der Waals surface area contributed by atoms with E-state index < -0.39 is 16.0 Å². The summed E-state index contributed by atoms with van der Waals surface area (Å²) in [6.07, 6.45) is 2.95. The lowest BCUT2D eigenvalue weighted by Gasteiger charge is -2.30. The molecule has 2 heterocycles. The van der Waals surface area contributed by atoms with Crippen molar-refractivity contribution in [3.8, 4) is 0 Å². The highest BCUT2D eigenvalue weighted by atomic mass is 32.2. The van der Waals surface area contributed by atoms with Crippen LogP contribution in [0.25, 0.3) is 0 Å². The standard InChI is InChI=1S/C17H27N3O5S/c1-12(2)20(13(3)4)16(21)11-25-17(22)15-9-14(10-18-15)26(23,24)19-7-5-6-8-19/h9-10,12-13,18H,5-8,11H2,1-4H3. The molecule has 0 saturated carbocycles. The number of hydrogen-bond donors (Lipinski definition) is 1. The highest BCUT2D eigenvalue weighted by Crippen LogP contribution is 2.21. The number of aromatic amines is 1. The predicted octanol–water partition coefficient (Wildman–Crippen LogP) is 1.60. The van der Waals surface area contributed by atoms with Crippen LogP contribution in [0.2, 0.25) is 0 Å². The van der Waals surface area contributed by atoms with Gasteiger partial charge in [0.05, 0.1) is 0 Å². The predicted molar refractivity (Wildman–Crippen MR) is 96.2 cm³/mol. The average Bonchev–Trinajstić information content (AvgIpc) is 3.23. The second kappa shape index (κ2) is 8.22. The largest absolute Gasteiger partial charge is 0.451 e. The highest BCUT2D eigenvalue weighted by molar-refractivity contribution is 7.89. The van der Waals surface area contributed by atoms with Gasteiger partial charge in [0.2, 0.25) is 10.0 Å². The lowest BCUT2D eigenvalue weighted by atomic mass is 10.2. The Morgan fingerprint density at radius 1 is 1.19 bits per heavy atom. The normalized spacial score (nSPS) is 15.6. The van der Waals surface area contributed by atoms with Crippen molar-refractivity contribution in [2.24, 2.45) is 0 Å². The fraction of sp³-hybridized carbons (Fsp3) is 0.647. The van der Waals surface area contributed by atoms with Gasteiger partial charge in [-0.05, 0) is 46.6 Å². The van der Waals surface area contributed by atoms with Crippen molar-refractivity contribution in [3.05, 3.63) is 18.0 Å². The third kappa shape index (κ3) is 4.45. The van der Waals surface area contributed by atoms with Crippen LogP contribution in [-0.4, -0.2) is 66.3 Å². The van der Waals surface area contributed by atoms with E-state index in [1.54, 1.807) is 4.90 Å². The summed E-state index contributed by atoms with van der Waals surface area (Å²) in [5.41, 5.74) is 0.0104. The number of hydrogen-bond acceptors (Lipinski definition) is 5. The first-order valence-corrected chi connectivity index (χ1v) is 10.3. The van der Waals surface area contributed by atoms with E-state index in [0.29, 0.717) is 13.1 Å². The number of amides is 1. The SMILES string of the molecule is CC(C)N(C(=O)COC(=O)c1cc(S(=O)(=O)N2CCCC2)c[nH]1)C(C)C. The van der Waals surface area contributed by atoms with E-state index >= 15 is 0 Å². The Balaban J connectivity index is 2.01. The number of nitrogens with one attached hydrogen (secondary N) is 1. The first-order chi connectivity index (χ1) is 12.1. The molecule has 1 aromatic heterocycles. The molecule has 9 heteroatoms. The van der Waals surface area contributed by atoms with Crippen LogP contribution in [0.5, 0.6) is 0 Å². The second-order valence-electron chi connectivity index (χ2n) is 6.92. The third-order valence-electron chi connectivity index (χ3n) is 4.31. The molecule has 1 aromatic rings. The molecule has 26 heavy (non-hydrogen) atoms. The number of rotatable bonds is 7. The first kappa shape index (κ1) is 20.4. The summed E-state index contributed by atoms with van der Waals surface area (Å²) < 4.78 is 31.4. The van der Waals surface area contributed by atoms with Crippen LogP contribution in [-0.2, 0) is 19.6 Å². The molecule has 0 aromatic carbocycles. The van der Waals surface area contributed by atoms with Crippen molar-refractivity contribution in [2.45, 2.75) is 57.5 Å². The van der Waals surface area contributed by atoms with Crippen molar-refractivity contribution in [2.75, 3.05) is 19.7 Å². The number of aromatic nitrogens is 1. The number of carbonyl (C=O) groups is 2. The first-order valence-electron chi connectivity index (χ1n) is 8.81. The number of H-pyrrole nitrogens is 1. The van der Waals surface area contributed by atoms with Crippen LogP contribution in [0.1, 0.15) is 51.0 Å². The fourth-order valence-electron chi connectivity index (χ4n) is 3.17. The zero-order valence-electron chi connectivity index (χ0n) is 15.7. The van der Waals surface area contributed by atoms with Crippen molar-refractivity contribution in [3.63, 3.8) is 0 Å². The van der Waals surface area contributed by atoms with Crippen LogP contribution in [0.4, 0.5) is 0 Å². The van der Waals surface area contributed by atoms with E-state index in [4.69, 9.17) is 4.74 Å². The Bertz CT molecular complexity index is 740. The van der Waals surface area contributed by atoms with E-state index in [-0.39, 0.29) is 35.2 Å². The summed E-state index contributed by atoms with van der Waals surface area (Å²) in [6, 6.07) is 1.23. The van der Waals surface area contributed by atoms with Gasteiger partial charge in [-0.2, -0.15) is 4.31 Å². The third-order valence-corrected chi connectivity index (χ3v) is 6.18. The molecule has 8 nitrogen and oxygen atoms in total. The molecule has 0 bridgehead atoms. The van der Waals surface area contributed by atoms with Gasteiger partial charge in [0.15, 0.2) is 6.61 Å². The van der Waals surface area contributed by atoms with Gasteiger partial charge in [-0.3, -0.25) is 4.79 Å². The number of esters is 1. The maximum atomic E-state index is 12.5. The van der Waals surface area contributed by atoms with Gasteiger partial charge in [-0.25, -0.2) is 13.2 Å². The second-order valence-corrected chi connectivity index (χ2v) is 8.86. The summed E-state index contributed by atoms with van der Waals surface area (Å²) in [5, 5.41) is 0. The minimum absolute atomic E-state index is 0.0103. The Morgan fingerprint density at radius 3 is 2.31 bits per heavy atom. The van der Waals surface area contributed by atoms with Crippen molar-refractivity contribution in [1.29, 1.82) is 0 Å². The minimum Gasteiger partial charge on any atom is -0.451 e. The van der Waals surface area contributed by atoms with Gasteiger partial charge in [0.1, 0.15) is 10.6 Å². The van der Waals surface area contributed by atoms with Gasteiger partial charge < -0.3 is 14.6 Å². The molecule has 0 radical (unpaired) electrons. The highest BCUT2D eigenvalue weighted by Gasteiger charge is 2.29. The Kier molecular flexibility index (Phi) is 6.46. The molecule has 1 amide bonds. The van der Waals surface area contributed by atoms with Crippen LogP contribution in [0, 0.1) is 0 Å². The van der Waals surface area contributed by atoms with Crippen molar-refractivity contribution < 1.29 is 22.7 Å². The average molecular weight is 385 g/mol. The Hall–Kier alpha value is -1.87. The topological polar surface area (TPSA) is 99.8 Å². The lowest BCUT2D eigenvalue weighted by molar-refractivity contribution is -0.138. The molecule has 1 saturated heterocycles. The van der Waals surface area contributed by atoms with Gasteiger partial charge in [-0.1, -0.05) is 0 Å². The maximum Gasteiger partial charge on any atom is 0.355 e. The molecular weight excluding hydrogens is 358 g/mol. The summed E-state index contributed by atoms with van der Waals surface area (Å²) in [6.45, 7) is 8.15. The summed E-state index contributed by atoms with van der Waals surface area (Å²) in [5.74, 6) is -1.05. The monoisotopic (exact) mass is 385 g/mol. The minimum atomic E-state index is -3.60. The number of sulfonamides is 1. The zero-order valence-corrected chi connectivity index (χ0v) is 16.5. The van der Waals surface area contributed by atoms with E-state index in [0.717, 1.165) is 12.8 Å². The van der Waals surface area contributed by atoms with Crippen LogP contribution in [0.15, 0.2) is 17.2 Å². The van der Waals surface area contributed by atoms with Crippen LogP contribution < -0.4 is 0 Å². The number of carbonyl (C=O) groups excluding carboxylic acids is 2.